The summed E-state index contributed by atoms with van der Waals surface area (Å²) in [5, 5.41) is 4.65. The molecule has 6 heteroatoms. The predicted molar refractivity (Wildman–Crippen MR) is 90.4 cm³/mol. The third kappa shape index (κ3) is 3.06. The summed E-state index contributed by atoms with van der Waals surface area (Å²) in [7, 11) is 2.00. The van der Waals surface area contributed by atoms with E-state index in [4.69, 9.17) is 12.2 Å². The molecular weight excluding hydrogens is 282 g/mol. The first-order valence-corrected chi connectivity index (χ1v) is 8.32. The third-order valence-corrected chi connectivity index (χ3v) is 4.41. The Morgan fingerprint density at radius 2 is 1.95 bits per heavy atom. The quantitative estimate of drug-likeness (QED) is 0.798. The van der Waals surface area contributed by atoms with Gasteiger partial charge in [0.1, 0.15) is 5.52 Å². The van der Waals surface area contributed by atoms with Gasteiger partial charge in [0.2, 0.25) is 0 Å². The van der Waals surface area contributed by atoms with Gasteiger partial charge < -0.3 is 9.88 Å². The smallest absolute Gasteiger partial charge is 0.179 e. The monoisotopic (exact) mass is 309 g/mol. The molecule has 1 N–H and O–H groups in total. The van der Waals surface area contributed by atoms with E-state index in [-0.39, 0.29) is 0 Å². The Morgan fingerprint density at radius 1 is 1.29 bits per heavy atom. The van der Waals surface area contributed by atoms with Crippen LogP contribution in [-0.4, -0.2) is 43.9 Å². The maximum atomic E-state index is 5.56. The first kappa shape index (κ1) is 16.2. The second kappa shape index (κ2) is 6.75. The van der Waals surface area contributed by atoms with Gasteiger partial charge >= 0.3 is 0 Å². The fraction of sp³-hybridized carbons (Fsp3) is 0.733. The highest BCUT2D eigenvalue weighted by atomic mass is 32.1. The molecule has 2 aromatic rings. The molecule has 0 aliphatic rings. The standard InChI is InChI=1S/C15H27N5S/c1-6-9-12-13-14(18(5)17-12)20(15(21)16-13)11(4)10-19(7-2)8-3/h11H,6-10H2,1-5H3,(H,16,21). The maximum absolute atomic E-state index is 5.56. The van der Waals surface area contributed by atoms with Gasteiger partial charge in [0.15, 0.2) is 10.4 Å². The second-order valence-electron chi connectivity index (χ2n) is 5.65. The molecule has 1 unspecified atom stereocenters. The van der Waals surface area contributed by atoms with Crippen molar-refractivity contribution in [2.24, 2.45) is 7.05 Å². The van der Waals surface area contributed by atoms with Crippen molar-refractivity contribution in [1.82, 2.24) is 24.2 Å². The number of hydrogen-bond donors (Lipinski definition) is 1. The van der Waals surface area contributed by atoms with Crippen LogP contribution >= 0.6 is 12.2 Å². The van der Waals surface area contributed by atoms with Gasteiger partial charge in [-0.1, -0.05) is 27.2 Å². The van der Waals surface area contributed by atoms with E-state index in [0.717, 1.165) is 54.1 Å². The molecular formula is C15H27N5S. The van der Waals surface area contributed by atoms with Crippen LogP contribution in [0.1, 0.15) is 45.9 Å². The molecule has 1 atom stereocenters. The van der Waals surface area contributed by atoms with Gasteiger partial charge in [-0.25, -0.2) is 0 Å². The highest BCUT2D eigenvalue weighted by Crippen LogP contribution is 2.23. The molecule has 0 saturated heterocycles. The van der Waals surface area contributed by atoms with Crippen LogP contribution in [-0.2, 0) is 13.5 Å². The summed E-state index contributed by atoms with van der Waals surface area (Å²) in [6.45, 7) is 11.9. The minimum absolute atomic E-state index is 0.330. The zero-order valence-corrected chi connectivity index (χ0v) is 14.6. The zero-order valence-electron chi connectivity index (χ0n) is 13.8. The van der Waals surface area contributed by atoms with Crippen LogP contribution in [0.3, 0.4) is 0 Å². The molecule has 118 valence electrons. The minimum atomic E-state index is 0.330. The number of aryl methyl sites for hydroxylation is 2. The van der Waals surface area contributed by atoms with Crippen molar-refractivity contribution in [1.29, 1.82) is 0 Å². The number of likely N-dealkylation sites (N-methyl/N-ethyl adjacent to an activating group) is 1. The lowest BCUT2D eigenvalue weighted by Crippen LogP contribution is -2.29. The number of H-pyrrole nitrogens is 1. The van der Waals surface area contributed by atoms with Gasteiger partial charge in [-0.05, 0) is 38.7 Å². The molecule has 5 nitrogen and oxygen atoms in total. The fourth-order valence-electron chi connectivity index (χ4n) is 2.99. The highest BCUT2D eigenvalue weighted by molar-refractivity contribution is 7.71. The lowest BCUT2D eigenvalue weighted by molar-refractivity contribution is 0.261. The average molecular weight is 309 g/mol. The maximum Gasteiger partial charge on any atom is 0.179 e. The molecule has 0 aliphatic carbocycles. The molecule has 0 spiro atoms. The molecule has 21 heavy (non-hydrogen) atoms. The first-order chi connectivity index (χ1) is 10.0. The summed E-state index contributed by atoms with van der Waals surface area (Å²) >= 11 is 5.56. The number of aromatic nitrogens is 4. The Hall–Kier alpha value is -1.14. The zero-order chi connectivity index (χ0) is 15.6. The number of rotatable bonds is 7. The van der Waals surface area contributed by atoms with E-state index >= 15 is 0 Å². The van der Waals surface area contributed by atoms with E-state index < -0.39 is 0 Å². The minimum Gasteiger partial charge on any atom is -0.328 e. The summed E-state index contributed by atoms with van der Waals surface area (Å²) in [5.74, 6) is 0. The molecule has 0 bridgehead atoms. The van der Waals surface area contributed by atoms with Gasteiger partial charge in [0.25, 0.3) is 0 Å². The van der Waals surface area contributed by atoms with Crippen LogP contribution in [0.2, 0.25) is 0 Å². The molecule has 0 fully saturated rings. The molecule has 0 aliphatic heterocycles. The van der Waals surface area contributed by atoms with Crippen molar-refractivity contribution in [3.63, 3.8) is 0 Å². The predicted octanol–water partition coefficient (Wildman–Crippen LogP) is 3.29. The lowest BCUT2D eigenvalue weighted by atomic mass is 10.2. The summed E-state index contributed by atoms with van der Waals surface area (Å²) < 4.78 is 4.98. The van der Waals surface area contributed by atoms with Crippen LogP contribution in [0.15, 0.2) is 0 Å². The van der Waals surface area contributed by atoms with E-state index in [1.54, 1.807) is 0 Å². The van der Waals surface area contributed by atoms with E-state index in [1.165, 1.54) is 0 Å². The van der Waals surface area contributed by atoms with E-state index in [1.807, 2.05) is 11.7 Å². The molecule has 0 radical (unpaired) electrons. The summed E-state index contributed by atoms with van der Waals surface area (Å²) in [6.07, 6.45) is 2.07. The summed E-state index contributed by atoms with van der Waals surface area (Å²) in [6, 6.07) is 0.330. The van der Waals surface area contributed by atoms with Gasteiger partial charge in [-0.3, -0.25) is 9.25 Å². The SMILES string of the molecule is CCCc1nn(C)c2c1[nH]c(=S)n2C(C)CN(CC)CC. The normalized spacial score (nSPS) is 13.4. The molecule has 0 saturated carbocycles. The Balaban J connectivity index is 2.44. The Morgan fingerprint density at radius 3 is 2.52 bits per heavy atom. The lowest BCUT2D eigenvalue weighted by Gasteiger charge is -2.23. The number of hydrogen-bond acceptors (Lipinski definition) is 3. The Bertz CT molecular complexity index is 647. The van der Waals surface area contributed by atoms with Gasteiger partial charge in [-0.2, -0.15) is 5.10 Å². The van der Waals surface area contributed by atoms with Crippen LogP contribution in [0.4, 0.5) is 0 Å². The molecule has 2 aromatic heterocycles. The fourth-order valence-corrected chi connectivity index (χ4v) is 3.36. The van der Waals surface area contributed by atoms with Gasteiger partial charge in [0.05, 0.1) is 5.69 Å². The molecule has 0 aromatic carbocycles. The third-order valence-electron chi connectivity index (χ3n) is 4.11. The van der Waals surface area contributed by atoms with E-state index in [9.17, 15) is 0 Å². The Kier molecular flexibility index (Phi) is 5.22. The van der Waals surface area contributed by atoms with Crippen molar-refractivity contribution in [2.75, 3.05) is 19.6 Å². The van der Waals surface area contributed by atoms with E-state index in [2.05, 4.69) is 47.2 Å². The van der Waals surface area contributed by atoms with E-state index in [0.29, 0.717) is 6.04 Å². The van der Waals surface area contributed by atoms with Crippen molar-refractivity contribution in [3.05, 3.63) is 10.5 Å². The molecule has 2 rings (SSSR count). The highest BCUT2D eigenvalue weighted by Gasteiger charge is 2.19. The topological polar surface area (TPSA) is 41.8 Å². The number of aromatic amines is 1. The second-order valence-corrected chi connectivity index (χ2v) is 6.04. The summed E-state index contributed by atoms with van der Waals surface area (Å²) in [5.41, 5.74) is 3.34. The van der Waals surface area contributed by atoms with Crippen LogP contribution in [0.25, 0.3) is 11.2 Å². The van der Waals surface area contributed by atoms with Crippen LogP contribution in [0, 0.1) is 4.77 Å². The van der Waals surface area contributed by atoms with Crippen LogP contribution in [0.5, 0.6) is 0 Å². The van der Waals surface area contributed by atoms with Crippen molar-refractivity contribution < 1.29 is 0 Å². The number of imidazole rings is 1. The van der Waals surface area contributed by atoms with Crippen molar-refractivity contribution >= 4 is 23.4 Å². The number of nitrogens with one attached hydrogen (secondary N) is 1. The average Bonchev–Trinajstić information content (AvgIpc) is 2.94. The number of nitrogens with zero attached hydrogens (tertiary/aromatic N) is 4. The Labute approximate surface area is 131 Å². The first-order valence-electron chi connectivity index (χ1n) is 7.91. The summed E-state index contributed by atoms with van der Waals surface area (Å²) in [4.78, 5) is 5.79. The number of fused-ring (bicyclic) bond motifs is 1. The van der Waals surface area contributed by atoms with Crippen molar-refractivity contribution in [2.45, 2.75) is 46.6 Å². The largest absolute Gasteiger partial charge is 0.328 e. The molecule has 2 heterocycles. The van der Waals surface area contributed by atoms with Gasteiger partial charge in [-0.15, -0.1) is 0 Å². The molecule has 0 amide bonds. The van der Waals surface area contributed by atoms with Crippen molar-refractivity contribution in [3.8, 4) is 0 Å². The van der Waals surface area contributed by atoms with Crippen LogP contribution < -0.4 is 0 Å². The van der Waals surface area contributed by atoms with Gasteiger partial charge in [0, 0.05) is 19.6 Å².